The predicted molar refractivity (Wildman–Crippen MR) is 103 cm³/mol. The molecule has 3 aromatic rings. The average molecular weight is 348 g/mol. The Morgan fingerprint density at radius 2 is 1.62 bits per heavy atom. The van der Waals surface area contributed by atoms with E-state index in [1.165, 1.54) is 0 Å². The first kappa shape index (κ1) is 16.4. The molecule has 0 unspecified atom stereocenters. The Hall–Kier alpha value is -2.46. The van der Waals surface area contributed by atoms with Crippen LogP contribution in [0.15, 0.2) is 59.3 Å². The summed E-state index contributed by atoms with van der Waals surface area (Å²) in [6.07, 6.45) is 6.58. The van der Waals surface area contributed by atoms with Crippen LogP contribution in [0.25, 0.3) is 0 Å². The first-order valence-corrected chi connectivity index (χ1v) is 9.23. The Morgan fingerprint density at radius 3 is 2.08 bits per heavy atom. The average Bonchev–Trinajstić information content (AvgIpc) is 3.33. The van der Waals surface area contributed by atoms with Gasteiger partial charge in [0.2, 0.25) is 0 Å². The summed E-state index contributed by atoms with van der Waals surface area (Å²) < 4.78 is 5.17. The van der Waals surface area contributed by atoms with Crippen LogP contribution >= 0.6 is 22.7 Å². The molecule has 0 N–H and O–H groups in total. The summed E-state index contributed by atoms with van der Waals surface area (Å²) in [6.45, 7) is 0. The van der Waals surface area contributed by atoms with Crippen LogP contribution in [-0.4, -0.2) is 7.11 Å². The van der Waals surface area contributed by atoms with Gasteiger partial charge in [0.25, 0.3) is 0 Å². The molecule has 3 heteroatoms. The zero-order valence-electron chi connectivity index (χ0n) is 13.3. The van der Waals surface area contributed by atoms with Crippen LogP contribution in [0.1, 0.15) is 21.7 Å². The van der Waals surface area contributed by atoms with E-state index < -0.39 is 5.41 Å². The van der Waals surface area contributed by atoms with E-state index in [0.29, 0.717) is 6.42 Å². The smallest absolute Gasteiger partial charge is 0.118 e. The Bertz CT molecular complexity index is 836. The van der Waals surface area contributed by atoms with Gasteiger partial charge in [-0.25, -0.2) is 0 Å². The van der Waals surface area contributed by atoms with E-state index >= 15 is 0 Å². The number of terminal acetylenes is 1. The minimum atomic E-state index is -0.470. The largest absolute Gasteiger partial charge is 0.497 e. The van der Waals surface area contributed by atoms with Crippen LogP contribution in [0.3, 0.4) is 0 Å². The highest BCUT2D eigenvalue weighted by molar-refractivity contribution is 7.11. The summed E-state index contributed by atoms with van der Waals surface area (Å²) in [5.74, 6) is 10.4. The van der Waals surface area contributed by atoms with Crippen molar-refractivity contribution in [1.29, 1.82) is 0 Å². The maximum absolute atomic E-state index is 5.99. The lowest BCUT2D eigenvalue weighted by molar-refractivity contribution is 0.415. The van der Waals surface area contributed by atoms with Crippen molar-refractivity contribution in [3.63, 3.8) is 0 Å². The molecule has 0 amide bonds. The van der Waals surface area contributed by atoms with Crippen LogP contribution in [0.5, 0.6) is 5.75 Å². The first-order valence-electron chi connectivity index (χ1n) is 7.47. The van der Waals surface area contributed by atoms with Gasteiger partial charge in [-0.3, -0.25) is 0 Å². The zero-order valence-corrected chi connectivity index (χ0v) is 14.9. The second kappa shape index (κ2) is 7.41. The molecule has 0 saturated carbocycles. The van der Waals surface area contributed by atoms with Gasteiger partial charge in [0.1, 0.15) is 11.2 Å². The molecular weight excluding hydrogens is 332 g/mol. The molecule has 3 rings (SSSR count). The van der Waals surface area contributed by atoms with E-state index in [0.717, 1.165) is 21.1 Å². The summed E-state index contributed by atoms with van der Waals surface area (Å²) in [7, 11) is 1.66. The highest BCUT2D eigenvalue weighted by Crippen LogP contribution is 2.39. The van der Waals surface area contributed by atoms with Gasteiger partial charge in [0.05, 0.1) is 7.11 Å². The molecular formula is C21H16OS2. The SMILES string of the molecule is C#CC(CC#Cc1ccc(OC)cc1)(c1cccs1)c1cccs1. The van der Waals surface area contributed by atoms with Gasteiger partial charge in [-0.15, -0.1) is 29.1 Å². The number of thiophene rings is 2. The lowest BCUT2D eigenvalue weighted by atomic mass is 9.82. The Morgan fingerprint density at radius 1 is 1.00 bits per heavy atom. The number of rotatable bonds is 4. The quantitative estimate of drug-likeness (QED) is 0.590. The molecule has 0 aliphatic rings. The molecule has 0 bridgehead atoms. The molecule has 0 aliphatic carbocycles. The minimum absolute atomic E-state index is 0.470. The van der Waals surface area contributed by atoms with Crippen LogP contribution < -0.4 is 4.74 Å². The van der Waals surface area contributed by atoms with Gasteiger partial charge >= 0.3 is 0 Å². The number of hydrogen-bond acceptors (Lipinski definition) is 3. The molecule has 0 aliphatic heterocycles. The number of benzene rings is 1. The van der Waals surface area contributed by atoms with Gasteiger partial charge in [0.15, 0.2) is 0 Å². The molecule has 2 aromatic heterocycles. The highest BCUT2D eigenvalue weighted by Gasteiger charge is 2.33. The van der Waals surface area contributed by atoms with Gasteiger partial charge in [-0.1, -0.05) is 29.9 Å². The molecule has 0 spiro atoms. The third kappa shape index (κ3) is 3.24. The standard InChI is InChI=1S/C21H16OS2/c1-3-21(19-8-5-15-23-19,20-9-6-16-24-20)14-4-7-17-10-12-18(22-2)13-11-17/h1,5-6,8-13,15-16H,14H2,2H3. The minimum Gasteiger partial charge on any atom is -0.497 e. The van der Waals surface area contributed by atoms with Crippen molar-refractivity contribution in [3.8, 4) is 29.9 Å². The van der Waals surface area contributed by atoms with Crippen LogP contribution in [0.2, 0.25) is 0 Å². The van der Waals surface area contributed by atoms with Crippen LogP contribution in [0, 0.1) is 24.2 Å². The number of hydrogen-bond donors (Lipinski definition) is 0. The van der Waals surface area contributed by atoms with Crippen molar-refractivity contribution in [2.24, 2.45) is 0 Å². The topological polar surface area (TPSA) is 9.23 Å². The maximum Gasteiger partial charge on any atom is 0.118 e. The van der Waals surface area contributed by atoms with Crippen molar-refractivity contribution in [2.75, 3.05) is 7.11 Å². The van der Waals surface area contributed by atoms with E-state index in [1.54, 1.807) is 29.8 Å². The zero-order chi connectivity index (χ0) is 16.8. The molecule has 1 nitrogen and oxygen atoms in total. The molecule has 0 saturated heterocycles. The molecule has 0 radical (unpaired) electrons. The summed E-state index contributed by atoms with van der Waals surface area (Å²) in [4.78, 5) is 2.33. The molecule has 118 valence electrons. The molecule has 1 aromatic carbocycles. The maximum atomic E-state index is 5.99. The number of ether oxygens (including phenoxy) is 1. The van der Waals surface area contributed by atoms with Gasteiger partial charge in [0, 0.05) is 21.7 Å². The molecule has 24 heavy (non-hydrogen) atoms. The summed E-state index contributed by atoms with van der Waals surface area (Å²) in [5, 5.41) is 4.12. The van der Waals surface area contributed by atoms with Gasteiger partial charge in [-0.05, 0) is 47.2 Å². The van der Waals surface area contributed by atoms with Gasteiger partial charge in [-0.2, -0.15) is 0 Å². The van der Waals surface area contributed by atoms with Crippen LogP contribution in [-0.2, 0) is 5.41 Å². The summed E-state index contributed by atoms with van der Waals surface area (Å²) in [6, 6.07) is 16.0. The molecule has 0 fully saturated rings. The van der Waals surface area contributed by atoms with E-state index in [9.17, 15) is 0 Å². The third-order valence-corrected chi connectivity index (χ3v) is 5.87. The monoisotopic (exact) mass is 348 g/mol. The van der Waals surface area contributed by atoms with E-state index in [-0.39, 0.29) is 0 Å². The van der Waals surface area contributed by atoms with Crippen molar-refractivity contribution < 1.29 is 4.74 Å². The first-order chi connectivity index (χ1) is 11.8. The van der Waals surface area contributed by atoms with Gasteiger partial charge < -0.3 is 4.74 Å². The predicted octanol–water partition coefficient (Wildman–Crippen LogP) is 5.18. The molecule has 0 atom stereocenters. The molecule has 2 heterocycles. The van der Waals surface area contributed by atoms with Crippen molar-refractivity contribution in [2.45, 2.75) is 11.8 Å². The second-order valence-corrected chi connectivity index (χ2v) is 7.11. The fourth-order valence-electron chi connectivity index (χ4n) is 2.48. The summed E-state index contributed by atoms with van der Waals surface area (Å²) in [5.41, 5.74) is 0.487. The fourth-order valence-corrected chi connectivity index (χ4v) is 4.36. The van der Waals surface area contributed by atoms with Crippen LogP contribution in [0.4, 0.5) is 0 Å². The lowest BCUT2D eigenvalue weighted by Gasteiger charge is -2.24. The summed E-state index contributed by atoms with van der Waals surface area (Å²) >= 11 is 3.37. The Kier molecular flexibility index (Phi) is 5.06. The number of methoxy groups -OCH3 is 1. The fraction of sp³-hybridized carbons (Fsp3) is 0.143. The van der Waals surface area contributed by atoms with Crippen molar-refractivity contribution in [1.82, 2.24) is 0 Å². The normalized spacial score (nSPS) is 10.5. The van der Waals surface area contributed by atoms with E-state index in [2.05, 4.69) is 40.7 Å². The highest BCUT2D eigenvalue weighted by atomic mass is 32.1. The third-order valence-electron chi connectivity index (χ3n) is 3.81. The van der Waals surface area contributed by atoms with Crippen molar-refractivity contribution >= 4 is 22.7 Å². The Labute approximate surface area is 150 Å². The second-order valence-electron chi connectivity index (χ2n) is 5.21. The lowest BCUT2D eigenvalue weighted by Crippen LogP contribution is -2.22. The van der Waals surface area contributed by atoms with E-state index in [1.807, 2.05) is 36.4 Å². The van der Waals surface area contributed by atoms with Crippen molar-refractivity contribution in [3.05, 3.63) is 74.6 Å². The van der Waals surface area contributed by atoms with E-state index in [4.69, 9.17) is 11.2 Å². The Balaban J connectivity index is 1.91.